The van der Waals surface area contributed by atoms with E-state index >= 15 is 0 Å². The fourth-order valence-electron chi connectivity index (χ4n) is 5.15. The molecule has 3 amide bonds. The van der Waals surface area contributed by atoms with Crippen LogP contribution in [-0.2, 0) is 24.4 Å². The fraction of sp³-hybridized carbons (Fsp3) is 0.607. The lowest BCUT2D eigenvalue weighted by atomic mass is 10.0. The number of unbranched alkanes of at least 4 members (excludes halogenated alkanes) is 3. The monoisotopic (exact) mass is 563 g/mol. The van der Waals surface area contributed by atoms with Crippen LogP contribution in [0.4, 0.5) is 10.1 Å². The van der Waals surface area contributed by atoms with Gasteiger partial charge in [-0.25, -0.2) is 17.6 Å². The molecule has 1 aliphatic heterocycles. The molecule has 4 atom stereocenters. The van der Waals surface area contributed by atoms with Crippen molar-refractivity contribution in [2.75, 3.05) is 11.9 Å². The molecule has 2 aliphatic carbocycles. The largest absolute Gasteiger partial charge is 0.371 e. The highest BCUT2D eigenvalue weighted by molar-refractivity contribution is 7.91. The number of carbonyl (C=O) groups is 3. The summed E-state index contributed by atoms with van der Waals surface area (Å²) in [5.41, 5.74) is 3.77. The average Bonchev–Trinajstić information content (AvgIpc) is 3.78. The number of nitrogens with zero attached hydrogens (tertiary/aromatic N) is 1. The van der Waals surface area contributed by atoms with Crippen molar-refractivity contribution >= 4 is 33.4 Å². The molecule has 0 spiro atoms. The summed E-state index contributed by atoms with van der Waals surface area (Å²) in [6.07, 6.45) is 11.0. The van der Waals surface area contributed by atoms with Crippen LogP contribution in [0.25, 0.3) is 0 Å². The number of likely N-dealkylation sites (tertiary alicyclic amines) is 1. The molecular formula is C28H40FN4O5S+. The Bertz CT molecular complexity index is 1220. The van der Waals surface area contributed by atoms with Crippen molar-refractivity contribution in [3.63, 3.8) is 0 Å². The zero-order valence-corrected chi connectivity index (χ0v) is 23.3. The maximum Gasteiger partial charge on any atom is 0.331 e. The molecule has 0 radical (unpaired) electrons. The number of halogens is 1. The van der Waals surface area contributed by atoms with Crippen LogP contribution in [0.3, 0.4) is 0 Å². The second-order valence-corrected chi connectivity index (χ2v) is 13.5. The van der Waals surface area contributed by atoms with E-state index in [2.05, 4.69) is 15.8 Å². The number of allylic oxidation sites excluding steroid dienone is 2. The van der Waals surface area contributed by atoms with E-state index in [4.69, 9.17) is 0 Å². The van der Waals surface area contributed by atoms with Gasteiger partial charge in [-0.1, -0.05) is 37.1 Å². The number of carbonyl (C=O) groups excluding carboxylic acids is 3. The molecule has 9 nitrogen and oxygen atoms in total. The first kappa shape index (κ1) is 29.2. The smallest absolute Gasteiger partial charge is 0.331 e. The first-order chi connectivity index (χ1) is 18.5. The molecule has 3 fully saturated rings. The minimum absolute atomic E-state index is 0.0725. The van der Waals surface area contributed by atoms with Gasteiger partial charge in [-0.2, -0.15) is 0 Å². The second-order valence-electron chi connectivity index (χ2n) is 11.3. The van der Waals surface area contributed by atoms with Crippen LogP contribution in [0.15, 0.2) is 36.4 Å². The summed E-state index contributed by atoms with van der Waals surface area (Å²) in [5.74, 6) is -1.52. The van der Waals surface area contributed by atoms with Crippen molar-refractivity contribution in [1.29, 1.82) is 0 Å². The lowest BCUT2D eigenvalue weighted by Crippen LogP contribution is -2.66. The molecule has 0 aromatic heterocycles. The van der Waals surface area contributed by atoms with Crippen molar-refractivity contribution < 1.29 is 32.9 Å². The van der Waals surface area contributed by atoms with Gasteiger partial charge < -0.3 is 10.2 Å². The molecule has 1 aromatic carbocycles. The number of hydrogen-bond donors (Lipinski definition) is 3. The number of para-hydroxylation sites is 1. The first-order valence-electron chi connectivity index (χ1n) is 13.9. The molecule has 1 saturated heterocycles. The molecule has 0 bridgehead atoms. The Kier molecular flexibility index (Phi) is 9.10. The van der Waals surface area contributed by atoms with Crippen LogP contribution >= 0.6 is 0 Å². The molecule has 0 unspecified atom stereocenters. The molecular weight excluding hydrogens is 523 g/mol. The van der Waals surface area contributed by atoms with Crippen LogP contribution in [0.2, 0.25) is 0 Å². The molecule has 2 saturated carbocycles. The Labute approximate surface area is 229 Å². The van der Waals surface area contributed by atoms with Crippen LogP contribution in [0, 0.1) is 17.7 Å². The Balaban J connectivity index is 1.21. The molecule has 5 N–H and O–H groups in total. The van der Waals surface area contributed by atoms with Gasteiger partial charge in [0.1, 0.15) is 17.9 Å². The van der Waals surface area contributed by atoms with Crippen LogP contribution in [-0.4, -0.2) is 54.4 Å². The lowest BCUT2D eigenvalue weighted by molar-refractivity contribution is -0.310. The van der Waals surface area contributed by atoms with Crippen molar-refractivity contribution in [3.05, 3.63) is 42.2 Å². The van der Waals surface area contributed by atoms with Crippen molar-refractivity contribution in [1.82, 2.24) is 9.62 Å². The first-order valence-corrected chi connectivity index (χ1v) is 15.4. The van der Waals surface area contributed by atoms with E-state index < -0.39 is 38.6 Å². The number of rotatable bonds is 14. The van der Waals surface area contributed by atoms with Gasteiger partial charge in [0.05, 0.1) is 10.4 Å². The highest BCUT2D eigenvalue weighted by atomic mass is 32.2. The highest BCUT2D eigenvalue weighted by Gasteiger charge is 2.52. The summed E-state index contributed by atoms with van der Waals surface area (Å²) in [5, 5.41) is 3.06. The Hall–Kier alpha value is -2.79. The molecule has 39 heavy (non-hydrogen) atoms. The predicted octanol–water partition coefficient (Wildman–Crippen LogP) is 2.51. The van der Waals surface area contributed by atoms with Crippen molar-refractivity contribution in [2.24, 2.45) is 11.8 Å². The standard InChI is InChI=1S/C28H39FN4O5S/c1-28(15-16-28)39(37,38)32-26(35)20-18-19(20)10-5-3-2-4-6-13-23(31-22-12-8-7-11-21(22)29)27(36)33-17-9-14-24(33)25(30)34/h5,7-8,10-12,19-20,23-24,31H,2-4,6,9,13-18H2,1H3,(H2,30,34)(H,32,35)/p+1/b10-5-/t19-,20+,23+,24+/m1/s1. The van der Waals surface area contributed by atoms with E-state index in [1.165, 1.54) is 6.07 Å². The average molecular weight is 564 g/mol. The van der Waals surface area contributed by atoms with Gasteiger partial charge in [0.25, 0.3) is 0 Å². The fourth-order valence-corrected chi connectivity index (χ4v) is 6.45. The Morgan fingerprint density at radius 3 is 2.64 bits per heavy atom. The molecule has 1 heterocycles. The van der Waals surface area contributed by atoms with Crippen LogP contribution in [0.5, 0.6) is 0 Å². The van der Waals surface area contributed by atoms with E-state index in [-0.39, 0.29) is 29.3 Å². The van der Waals surface area contributed by atoms with Crippen LogP contribution in [0.1, 0.15) is 71.1 Å². The maximum absolute atomic E-state index is 14.3. The summed E-state index contributed by atoms with van der Waals surface area (Å²) < 4.78 is 40.2. The zero-order valence-electron chi connectivity index (χ0n) is 22.5. The minimum atomic E-state index is -3.59. The van der Waals surface area contributed by atoms with E-state index in [9.17, 15) is 27.2 Å². The normalized spacial score (nSPS) is 24.4. The third kappa shape index (κ3) is 7.25. The second kappa shape index (κ2) is 12.2. The van der Waals surface area contributed by atoms with Crippen molar-refractivity contribution in [2.45, 2.75) is 88.0 Å². The Morgan fingerprint density at radius 1 is 1.21 bits per heavy atom. The van der Waals surface area contributed by atoms with Gasteiger partial charge in [-0.3, -0.25) is 20.0 Å². The van der Waals surface area contributed by atoms with Gasteiger partial charge in [0, 0.05) is 12.5 Å². The molecule has 1 aromatic rings. The number of amides is 3. The van der Waals surface area contributed by atoms with E-state index in [1.54, 1.807) is 30.0 Å². The molecule has 214 valence electrons. The number of quaternary nitrogens is 1. The third-order valence-corrected chi connectivity index (χ3v) is 10.3. The summed E-state index contributed by atoms with van der Waals surface area (Å²) in [6.45, 7) is 2.16. The SMILES string of the molecule is CC1(S(=O)(=O)NC(=O)[C@H]2C[C@H]2/C=C\CCCCC[C@H](Nc2ccccc2F)C(=O)N2CCC[C@H]2C([NH3+])=O)CC1. The molecule has 3 aliphatic rings. The number of sulfonamides is 1. The van der Waals surface area contributed by atoms with Gasteiger partial charge in [-0.05, 0) is 76.3 Å². The van der Waals surface area contributed by atoms with Gasteiger partial charge in [0.2, 0.25) is 21.8 Å². The van der Waals surface area contributed by atoms with Crippen LogP contribution < -0.4 is 15.8 Å². The number of anilines is 1. The lowest BCUT2D eigenvalue weighted by Gasteiger charge is -2.27. The predicted molar refractivity (Wildman–Crippen MR) is 145 cm³/mol. The molecule has 4 rings (SSSR count). The van der Waals surface area contributed by atoms with E-state index in [1.807, 2.05) is 12.2 Å². The Morgan fingerprint density at radius 2 is 1.95 bits per heavy atom. The number of nitrogens with one attached hydrogen (secondary N) is 2. The third-order valence-electron chi connectivity index (χ3n) is 8.17. The van der Waals surface area contributed by atoms with Gasteiger partial charge in [0.15, 0.2) is 0 Å². The summed E-state index contributed by atoms with van der Waals surface area (Å²) in [4.78, 5) is 39.1. The van der Waals surface area contributed by atoms with Crippen molar-refractivity contribution in [3.8, 4) is 0 Å². The van der Waals surface area contributed by atoms with E-state index in [0.29, 0.717) is 38.6 Å². The number of benzene rings is 1. The topological polar surface area (TPSA) is 140 Å². The summed E-state index contributed by atoms with van der Waals surface area (Å²) >= 11 is 0. The van der Waals surface area contributed by atoms with Gasteiger partial charge in [-0.15, -0.1) is 0 Å². The minimum Gasteiger partial charge on any atom is -0.371 e. The summed E-state index contributed by atoms with van der Waals surface area (Å²) in [6, 6.07) is 5.08. The number of hydrogen-bond acceptors (Lipinski definition) is 6. The summed E-state index contributed by atoms with van der Waals surface area (Å²) in [7, 11) is -3.59. The highest BCUT2D eigenvalue weighted by Crippen LogP contribution is 2.44. The van der Waals surface area contributed by atoms with Gasteiger partial charge >= 0.3 is 5.91 Å². The zero-order chi connectivity index (χ0) is 28.2. The molecule has 11 heteroatoms. The van der Waals surface area contributed by atoms with E-state index in [0.717, 1.165) is 32.1 Å². The maximum atomic E-state index is 14.3. The quantitative estimate of drug-likeness (QED) is 0.235.